The van der Waals surface area contributed by atoms with Gasteiger partial charge in [0.15, 0.2) is 0 Å². The van der Waals surface area contributed by atoms with Crippen LogP contribution in [-0.4, -0.2) is 9.97 Å². The molecule has 0 saturated carbocycles. The van der Waals surface area contributed by atoms with E-state index in [0.29, 0.717) is 23.7 Å². The van der Waals surface area contributed by atoms with Crippen molar-refractivity contribution in [3.05, 3.63) is 276 Å². The van der Waals surface area contributed by atoms with Crippen LogP contribution in [0.5, 0.6) is 0 Å². The zero-order chi connectivity index (χ0) is 49.0. The van der Waals surface area contributed by atoms with Crippen molar-refractivity contribution in [3.63, 3.8) is 0 Å². The molecule has 3 heterocycles. The lowest BCUT2D eigenvalue weighted by Gasteiger charge is -2.33. The Hall–Kier alpha value is -8.86. The summed E-state index contributed by atoms with van der Waals surface area (Å²) in [5.41, 5.74) is 21.1. The van der Waals surface area contributed by atoms with Gasteiger partial charge < -0.3 is 4.90 Å². The van der Waals surface area contributed by atoms with E-state index in [1.54, 1.807) is 0 Å². The molecule has 0 N–H and O–H groups in total. The number of anilines is 5. The van der Waals surface area contributed by atoms with Crippen molar-refractivity contribution in [2.75, 3.05) is 9.80 Å². The van der Waals surface area contributed by atoms with E-state index in [4.69, 9.17) is 9.97 Å². The minimum Gasteiger partial charge on any atom is -0.309 e. The molecular formula is C70H54N4. The number of fused-ring (bicyclic) bond motifs is 6. The first-order valence-electron chi connectivity index (χ1n) is 26.3. The Labute approximate surface area is 434 Å². The lowest BCUT2D eigenvalue weighted by Crippen LogP contribution is -2.25. The molecule has 0 fully saturated rings. The zero-order valence-electron chi connectivity index (χ0n) is 41.2. The second-order valence-corrected chi connectivity index (χ2v) is 20.3. The van der Waals surface area contributed by atoms with Crippen molar-refractivity contribution < 1.29 is 0 Å². The van der Waals surface area contributed by atoms with Crippen LogP contribution in [0.4, 0.5) is 28.7 Å². The third kappa shape index (κ3) is 7.95. The van der Waals surface area contributed by atoms with Crippen LogP contribution >= 0.6 is 0 Å². The maximum Gasteiger partial charge on any atom is 0.235 e. The molecule has 6 aliphatic rings. The summed E-state index contributed by atoms with van der Waals surface area (Å²) in [4.78, 5) is 15.7. The Bertz CT molecular complexity index is 3800. The summed E-state index contributed by atoms with van der Waals surface area (Å²) < 4.78 is 0. The van der Waals surface area contributed by atoms with E-state index in [9.17, 15) is 0 Å². The summed E-state index contributed by atoms with van der Waals surface area (Å²) in [7, 11) is 0. The quantitative estimate of drug-likeness (QED) is 0.149. The number of para-hydroxylation sites is 2. The summed E-state index contributed by atoms with van der Waals surface area (Å²) in [6.45, 7) is 0. The van der Waals surface area contributed by atoms with E-state index in [-0.39, 0.29) is 5.92 Å². The molecule has 0 radical (unpaired) electrons. The molecule has 4 unspecified atom stereocenters. The average Bonchev–Trinajstić information content (AvgIpc) is 3.76. The van der Waals surface area contributed by atoms with E-state index in [1.165, 1.54) is 50.1 Å². The average molecular weight is 951 g/mol. The Morgan fingerprint density at radius 1 is 0.473 bits per heavy atom. The molecule has 7 aromatic carbocycles. The van der Waals surface area contributed by atoms with Gasteiger partial charge in [-0.25, -0.2) is 9.97 Å². The van der Waals surface area contributed by atoms with Crippen LogP contribution in [0.25, 0.3) is 62.7 Å². The number of hydrogen-bond acceptors (Lipinski definition) is 4. The van der Waals surface area contributed by atoms with Crippen LogP contribution in [0.15, 0.2) is 242 Å². The Morgan fingerprint density at radius 3 is 2.04 bits per heavy atom. The van der Waals surface area contributed by atoms with Gasteiger partial charge in [0, 0.05) is 34.2 Å². The van der Waals surface area contributed by atoms with Gasteiger partial charge in [0.1, 0.15) is 0 Å². The number of hydrogen-bond donors (Lipinski definition) is 0. The molecule has 354 valence electrons. The molecule has 4 atom stereocenters. The van der Waals surface area contributed by atoms with Gasteiger partial charge >= 0.3 is 0 Å². The maximum atomic E-state index is 5.54. The fraction of sp³-hybridized carbons (Fsp3) is 0.114. The fourth-order valence-corrected chi connectivity index (χ4v) is 12.2. The summed E-state index contributed by atoms with van der Waals surface area (Å²) in [5, 5.41) is 1.04. The number of aromatic nitrogens is 2. The van der Waals surface area contributed by atoms with Crippen LogP contribution in [0.1, 0.15) is 65.0 Å². The SMILES string of the molecule is C1=CCCC(c2ccc(N3c4ccc(C5=CC=C6C(C=Cc7ccccc7N6c6nc(-c7ccc(C8C=CCC9C=CC=CC98)cc7)c7ccccc7n6)C5)cc4C=Cc4cc(-c5ccccc5)ccc43)cc2)=C1. The Morgan fingerprint density at radius 2 is 1.20 bits per heavy atom. The van der Waals surface area contributed by atoms with Gasteiger partial charge in [-0.3, -0.25) is 4.90 Å². The van der Waals surface area contributed by atoms with E-state index in [1.807, 2.05) is 0 Å². The van der Waals surface area contributed by atoms with Crippen molar-refractivity contribution in [3.8, 4) is 22.4 Å². The third-order valence-electron chi connectivity index (χ3n) is 16.0. The highest BCUT2D eigenvalue weighted by molar-refractivity contribution is 5.97. The highest BCUT2D eigenvalue weighted by Gasteiger charge is 2.32. The monoisotopic (exact) mass is 950 g/mol. The maximum absolute atomic E-state index is 5.54. The van der Waals surface area contributed by atoms with E-state index in [0.717, 1.165) is 81.9 Å². The molecule has 74 heavy (non-hydrogen) atoms. The number of nitrogens with zero attached hydrogens (tertiary/aromatic N) is 4. The van der Waals surface area contributed by atoms with Gasteiger partial charge in [0.2, 0.25) is 5.95 Å². The first-order valence-corrected chi connectivity index (χ1v) is 26.3. The second kappa shape index (κ2) is 18.6. The Balaban J connectivity index is 0.838. The summed E-state index contributed by atoms with van der Waals surface area (Å²) >= 11 is 0. The van der Waals surface area contributed by atoms with Gasteiger partial charge in [0.05, 0.1) is 28.3 Å². The molecule has 4 aliphatic carbocycles. The molecule has 4 heteroatoms. The van der Waals surface area contributed by atoms with Gasteiger partial charge in [-0.1, -0.05) is 200 Å². The third-order valence-corrected chi connectivity index (χ3v) is 16.0. The summed E-state index contributed by atoms with van der Waals surface area (Å²) in [6, 6.07) is 60.1. The molecule has 0 spiro atoms. The van der Waals surface area contributed by atoms with E-state index < -0.39 is 0 Å². The minimum atomic E-state index is 0.0797. The minimum absolute atomic E-state index is 0.0797. The van der Waals surface area contributed by atoms with Crippen molar-refractivity contribution in [1.82, 2.24) is 9.97 Å². The van der Waals surface area contributed by atoms with E-state index >= 15 is 0 Å². The molecular weight excluding hydrogens is 897 g/mol. The van der Waals surface area contributed by atoms with Crippen LogP contribution < -0.4 is 9.80 Å². The molecule has 0 saturated heterocycles. The second-order valence-electron chi connectivity index (χ2n) is 20.3. The molecule has 0 bridgehead atoms. The largest absolute Gasteiger partial charge is 0.309 e. The normalized spacial score (nSPS) is 20.1. The van der Waals surface area contributed by atoms with Crippen LogP contribution in [0.2, 0.25) is 0 Å². The lowest BCUT2D eigenvalue weighted by atomic mass is 9.71. The van der Waals surface area contributed by atoms with Crippen molar-refractivity contribution in [1.29, 1.82) is 0 Å². The number of rotatable bonds is 7. The molecule has 4 nitrogen and oxygen atoms in total. The van der Waals surface area contributed by atoms with Crippen molar-refractivity contribution in [2.24, 2.45) is 17.8 Å². The van der Waals surface area contributed by atoms with E-state index in [2.05, 4.69) is 265 Å². The first-order chi connectivity index (χ1) is 36.7. The topological polar surface area (TPSA) is 32.3 Å². The van der Waals surface area contributed by atoms with Crippen molar-refractivity contribution >= 4 is 69.0 Å². The van der Waals surface area contributed by atoms with Gasteiger partial charge in [0.25, 0.3) is 0 Å². The number of allylic oxidation sites excluding steroid dienone is 14. The summed E-state index contributed by atoms with van der Waals surface area (Å²) in [5.74, 6) is 2.13. The molecule has 14 rings (SSSR count). The molecule has 0 amide bonds. The smallest absolute Gasteiger partial charge is 0.235 e. The highest BCUT2D eigenvalue weighted by Crippen LogP contribution is 2.48. The fourth-order valence-electron chi connectivity index (χ4n) is 12.2. The standard InChI is InChI=1S/C70H54N4/c1-3-14-47(15-4-1)49-34-39-60(40-35-49)73-66-41-36-54(48-16-5-2-6-17-48)44-57(66)32-33-58-45-55(37-42-67(58)73)56-38-43-68-59(46-56)31-28-52-19-8-12-25-65(52)74(68)70-71-64-24-11-10-22-63(64)69(72-70)53-29-26-51(27-30-53)62-23-13-20-50-18-7-9-21-61(50)62/h1-3,5-14,16-19,21-45,50,59,61-62H,4,15,20,46H2. The van der Waals surface area contributed by atoms with Crippen LogP contribution in [-0.2, 0) is 0 Å². The first kappa shape index (κ1) is 43.9. The lowest BCUT2D eigenvalue weighted by molar-refractivity contribution is 0.417. The predicted molar refractivity (Wildman–Crippen MR) is 310 cm³/mol. The highest BCUT2D eigenvalue weighted by atomic mass is 15.3. The molecule has 1 aromatic heterocycles. The van der Waals surface area contributed by atoms with Gasteiger partial charge in [-0.15, -0.1) is 0 Å². The predicted octanol–water partition coefficient (Wildman–Crippen LogP) is 18.2. The number of benzene rings is 7. The molecule has 8 aromatic rings. The van der Waals surface area contributed by atoms with Gasteiger partial charge in [-0.2, -0.15) is 0 Å². The van der Waals surface area contributed by atoms with Crippen LogP contribution in [0.3, 0.4) is 0 Å². The summed E-state index contributed by atoms with van der Waals surface area (Å²) in [6.07, 6.45) is 38.7. The Kier molecular flexibility index (Phi) is 11.1. The molecule has 2 aliphatic heterocycles. The zero-order valence-corrected chi connectivity index (χ0v) is 41.2. The van der Waals surface area contributed by atoms with Gasteiger partial charge in [-0.05, 0) is 148 Å². The van der Waals surface area contributed by atoms with Crippen LogP contribution in [0, 0.1) is 17.8 Å². The van der Waals surface area contributed by atoms with Crippen molar-refractivity contribution in [2.45, 2.75) is 31.6 Å².